The molecule has 1 heterocycles. The number of esters is 2. The van der Waals surface area contributed by atoms with E-state index in [2.05, 4.69) is 5.32 Å². The van der Waals surface area contributed by atoms with Crippen LogP contribution in [0.5, 0.6) is 0 Å². The molecule has 1 N–H and O–H groups in total. The van der Waals surface area contributed by atoms with Crippen molar-refractivity contribution in [2.24, 2.45) is 5.92 Å². The maximum absolute atomic E-state index is 12.6. The number of fused-ring (bicyclic) bond motifs is 1. The molecule has 1 atom stereocenters. The summed E-state index contributed by atoms with van der Waals surface area (Å²) in [4.78, 5) is 37.9. The van der Waals surface area contributed by atoms with Gasteiger partial charge in [-0.2, -0.15) is 0 Å². The minimum atomic E-state index is -0.521. The fraction of sp³-hybridized carbons (Fsp3) is 0.611. The Hall–Kier alpha value is -1.89. The van der Waals surface area contributed by atoms with Gasteiger partial charge in [0.2, 0.25) is 5.91 Å². The van der Waals surface area contributed by atoms with Crippen molar-refractivity contribution in [3.63, 3.8) is 0 Å². The van der Waals surface area contributed by atoms with Gasteiger partial charge in [0.05, 0.1) is 25.7 Å². The van der Waals surface area contributed by atoms with E-state index in [4.69, 9.17) is 9.47 Å². The number of aryl methyl sites for hydroxylation is 1. The second-order valence-electron chi connectivity index (χ2n) is 6.57. The largest absolute Gasteiger partial charge is 0.469 e. The SMILES string of the molecule is COC(=O)c1c(NC(=O)C2CCCCC2)sc2c1[C@@H](C(=O)OC)CC2. The van der Waals surface area contributed by atoms with Crippen LogP contribution in [0.1, 0.15) is 65.2 Å². The Balaban J connectivity index is 1.91. The zero-order valence-electron chi connectivity index (χ0n) is 14.6. The van der Waals surface area contributed by atoms with Crippen LogP contribution < -0.4 is 5.32 Å². The quantitative estimate of drug-likeness (QED) is 0.828. The van der Waals surface area contributed by atoms with Gasteiger partial charge in [-0.1, -0.05) is 19.3 Å². The summed E-state index contributed by atoms with van der Waals surface area (Å²) in [5.74, 6) is -1.39. The molecule has 0 aliphatic heterocycles. The lowest BCUT2D eigenvalue weighted by atomic mass is 9.88. The third kappa shape index (κ3) is 3.42. The van der Waals surface area contributed by atoms with Gasteiger partial charge in [-0.3, -0.25) is 9.59 Å². The fourth-order valence-corrected chi connectivity index (χ4v) is 5.08. The number of methoxy groups -OCH3 is 2. The van der Waals surface area contributed by atoms with Crippen LogP contribution in [0.4, 0.5) is 5.00 Å². The van der Waals surface area contributed by atoms with E-state index in [1.807, 2.05) is 0 Å². The van der Waals surface area contributed by atoms with E-state index in [0.717, 1.165) is 30.6 Å². The van der Waals surface area contributed by atoms with Crippen molar-refractivity contribution >= 4 is 34.2 Å². The van der Waals surface area contributed by atoms with E-state index < -0.39 is 11.9 Å². The molecular weight excluding hydrogens is 342 g/mol. The van der Waals surface area contributed by atoms with Crippen LogP contribution >= 0.6 is 11.3 Å². The number of hydrogen-bond acceptors (Lipinski definition) is 6. The molecule has 1 saturated carbocycles. The van der Waals surface area contributed by atoms with Crippen LogP contribution in [0.15, 0.2) is 0 Å². The summed E-state index contributed by atoms with van der Waals surface area (Å²) >= 11 is 1.38. The summed E-state index contributed by atoms with van der Waals surface area (Å²) in [5.41, 5.74) is 0.988. The average molecular weight is 365 g/mol. The number of hydrogen-bond donors (Lipinski definition) is 1. The molecule has 0 bridgehead atoms. The Morgan fingerprint density at radius 2 is 1.76 bits per heavy atom. The molecule has 1 fully saturated rings. The first kappa shape index (κ1) is 17.9. The second kappa shape index (κ2) is 7.56. The van der Waals surface area contributed by atoms with E-state index in [0.29, 0.717) is 29.0 Å². The van der Waals surface area contributed by atoms with Gasteiger partial charge in [-0.15, -0.1) is 11.3 Å². The standard InChI is InChI=1S/C18H23NO5S/c1-23-17(21)11-8-9-12-13(11)14(18(22)24-2)16(25-12)19-15(20)10-6-4-3-5-7-10/h10-11H,3-9H2,1-2H3,(H,19,20)/t11-/m0/s1. The van der Waals surface area contributed by atoms with Crippen molar-refractivity contribution in [2.75, 3.05) is 19.5 Å². The maximum Gasteiger partial charge on any atom is 0.341 e. The molecule has 25 heavy (non-hydrogen) atoms. The fourth-order valence-electron chi connectivity index (χ4n) is 3.81. The molecule has 1 aromatic rings. The minimum absolute atomic E-state index is 0.00686. The van der Waals surface area contributed by atoms with E-state index in [1.165, 1.54) is 32.0 Å². The summed E-state index contributed by atoms with van der Waals surface area (Å²) in [6.45, 7) is 0. The van der Waals surface area contributed by atoms with Crippen LogP contribution in [-0.4, -0.2) is 32.1 Å². The normalized spacial score (nSPS) is 20.0. The van der Waals surface area contributed by atoms with Crippen molar-refractivity contribution < 1.29 is 23.9 Å². The predicted molar refractivity (Wildman–Crippen MR) is 93.9 cm³/mol. The number of thiophene rings is 1. The Morgan fingerprint density at radius 3 is 2.40 bits per heavy atom. The molecule has 2 aliphatic carbocycles. The Bertz CT molecular complexity index is 690. The minimum Gasteiger partial charge on any atom is -0.469 e. The first-order chi connectivity index (χ1) is 12.1. The molecule has 7 heteroatoms. The lowest BCUT2D eigenvalue weighted by molar-refractivity contribution is -0.142. The third-order valence-corrected chi connectivity index (χ3v) is 6.30. The van der Waals surface area contributed by atoms with E-state index in [-0.39, 0.29) is 17.8 Å². The van der Waals surface area contributed by atoms with Crippen molar-refractivity contribution in [3.05, 3.63) is 16.0 Å². The van der Waals surface area contributed by atoms with Crippen LogP contribution in [-0.2, 0) is 25.5 Å². The van der Waals surface area contributed by atoms with Gasteiger partial charge >= 0.3 is 11.9 Å². The second-order valence-corrected chi connectivity index (χ2v) is 7.68. The van der Waals surface area contributed by atoms with Crippen molar-refractivity contribution in [2.45, 2.75) is 50.9 Å². The molecule has 0 unspecified atom stereocenters. The number of carbonyl (C=O) groups excluding carboxylic acids is 3. The van der Waals surface area contributed by atoms with Gasteiger partial charge in [0.1, 0.15) is 5.00 Å². The van der Waals surface area contributed by atoms with Gasteiger partial charge in [-0.05, 0) is 31.2 Å². The molecule has 0 spiro atoms. The molecule has 1 amide bonds. The predicted octanol–water partition coefficient (Wildman–Crippen LogP) is 3.26. The molecule has 0 saturated heterocycles. The highest BCUT2D eigenvalue weighted by atomic mass is 32.1. The lowest BCUT2D eigenvalue weighted by Crippen LogP contribution is -2.25. The van der Waals surface area contributed by atoms with Crippen molar-refractivity contribution in [1.29, 1.82) is 0 Å². The van der Waals surface area contributed by atoms with Gasteiger partial charge in [-0.25, -0.2) is 4.79 Å². The van der Waals surface area contributed by atoms with Crippen LogP contribution in [0.25, 0.3) is 0 Å². The topological polar surface area (TPSA) is 81.7 Å². The molecule has 0 radical (unpaired) electrons. The zero-order chi connectivity index (χ0) is 18.0. The zero-order valence-corrected chi connectivity index (χ0v) is 15.4. The molecule has 1 aromatic heterocycles. The maximum atomic E-state index is 12.6. The first-order valence-electron chi connectivity index (χ1n) is 8.69. The van der Waals surface area contributed by atoms with Gasteiger partial charge in [0.15, 0.2) is 0 Å². The van der Waals surface area contributed by atoms with Crippen molar-refractivity contribution in [1.82, 2.24) is 0 Å². The van der Waals surface area contributed by atoms with E-state index in [1.54, 1.807) is 0 Å². The summed E-state index contributed by atoms with van der Waals surface area (Å²) in [7, 11) is 2.65. The number of ether oxygens (including phenoxy) is 2. The Labute approximate surface area is 150 Å². The van der Waals surface area contributed by atoms with Crippen LogP contribution in [0.3, 0.4) is 0 Å². The highest BCUT2D eigenvalue weighted by molar-refractivity contribution is 7.17. The average Bonchev–Trinajstić information content (AvgIpc) is 3.19. The van der Waals surface area contributed by atoms with Gasteiger partial charge in [0, 0.05) is 10.8 Å². The van der Waals surface area contributed by atoms with Crippen LogP contribution in [0, 0.1) is 5.92 Å². The number of amides is 1. The Morgan fingerprint density at radius 1 is 1.04 bits per heavy atom. The van der Waals surface area contributed by atoms with Crippen LogP contribution in [0.2, 0.25) is 0 Å². The molecule has 6 nitrogen and oxygen atoms in total. The van der Waals surface area contributed by atoms with E-state index in [9.17, 15) is 14.4 Å². The molecular formula is C18H23NO5S. The highest BCUT2D eigenvalue weighted by Crippen LogP contribution is 2.46. The summed E-state index contributed by atoms with van der Waals surface area (Å²) < 4.78 is 9.78. The van der Waals surface area contributed by atoms with E-state index >= 15 is 0 Å². The number of nitrogens with one attached hydrogen (secondary N) is 1. The number of carbonyl (C=O) groups is 3. The molecule has 0 aromatic carbocycles. The smallest absolute Gasteiger partial charge is 0.341 e. The first-order valence-corrected chi connectivity index (χ1v) is 9.51. The van der Waals surface area contributed by atoms with Crippen molar-refractivity contribution in [3.8, 4) is 0 Å². The monoisotopic (exact) mass is 365 g/mol. The van der Waals surface area contributed by atoms with Gasteiger partial charge in [0.25, 0.3) is 0 Å². The summed E-state index contributed by atoms with van der Waals surface area (Å²) in [6, 6.07) is 0. The molecule has 136 valence electrons. The molecule has 2 aliphatic rings. The summed E-state index contributed by atoms with van der Waals surface area (Å²) in [6.07, 6.45) is 6.38. The Kier molecular flexibility index (Phi) is 5.42. The summed E-state index contributed by atoms with van der Waals surface area (Å²) in [5, 5.41) is 3.43. The number of anilines is 1. The molecule has 3 rings (SSSR count). The highest BCUT2D eigenvalue weighted by Gasteiger charge is 2.38. The number of rotatable bonds is 4. The third-order valence-electron chi connectivity index (χ3n) is 5.12. The van der Waals surface area contributed by atoms with Gasteiger partial charge < -0.3 is 14.8 Å². The lowest BCUT2D eigenvalue weighted by Gasteiger charge is -2.20.